The summed E-state index contributed by atoms with van der Waals surface area (Å²) in [4.78, 5) is 45.9. The molecule has 0 saturated heterocycles. The molecule has 0 aromatic heterocycles. The molecule has 5 heteroatoms. The molecular weight excluding hydrogens is 222 g/mol. The zero-order valence-electron chi connectivity index (χ0n) is 10.1. The first-order chi connectivity index (χ1) is 7.82. The maximum absolute atomic E-state index is 11.9. The third-order valence-electron chi connectivity index (χ3n) is 2.43. The second-order valence-corrected chi connectivity index (χ2v) is 4.52. The van der Waals surface area contributed by atoms with Crippen molar-refractivity contribution in [1.29, 1.82) is 0 Å². The Hall–Kier alpha value is -1.78. The molecular formula is C12H15NO4. The third kappa shape index (κ3) is 3.09. The highest BCUT2D eigenvalue weighted by Crippen LogP contribution is 2.20. The first-order valence-electron chi connectivity index (χ1n) is 5.43. The van der Waals surface area contributed by atoms with Gasteiger partial charge in [-0.05, 0) is 12.8 Å². The molecule has 0 aromatic rings. The summed E-state index contributed by atoms with van der Waals surface area (Å²) in [6.45, 7) is 4.94. The van der Waals surface area contributed by atoms with Crippen LogP contribution in [0.15, 0.2) is 11.6 Å². The standard InChI is InChI=1S/C12H15NO4/c1-6(2)4-9(15)8-5-10(16)13-12(17)11(8)7(3)14/h5-6,11H,4H2,1-3H3,(H,13,16,17). The summed E-state index contributed by atoms with van der Waals surface area (Å²) < 4.78 is 0. The normalized spacial score (nSPS) is 20.0. The Morgan fingerprint density at radius 3 is 2.41 bits per heavy atom. The number of nitrogens with one attached hydrogen (secondary N) is 1. The van der Waals surface area contributed by atoms with Crippen LogP contribution in [0.5, 0.6) is 0 Å². The van der Waals surface area contributed by atoms with Crippen molar-refractivity contribution in [2.45, 2.75) is 27.2 Å². The minimum absolute atomic E-state index is 0.0138. The van der Waals surface area contributed by atoms with Gasteiger partial charge in [0.1, 0.15) is 11.7 Å². The molecule has 5 nitrogen and oxygen atoms in total. The molecule has 0 aromatic carbocycles. The molecule has 1 N–H and O–H groups in total. The van der Waals surface area contributed by atoms with E-state index < -0.39 is 23.5 Å². The fourth-order valence-corrected chi connectivity index (χ4v) is 1.73. The van der Waals surface area contributed by atoms with E-state index in [0.29, 0.717) is 0 Å². The van der Waals surface area contributed by atoms with Gasteiger partial charge in [-0.1, -0.05) is 13.8 Å². The van der Waals surface area contributed by atoms with Crippen molar-refractivity contribution >= 4 is 23.4 Å². The molecule has 2 amide bonds. The predicted molar refractivity (Wildman–Crippen MR) is 59.9 cm³/mol. The monoisotopic (exact) mass is 237 g/mol. The summed E-state index contributed by atoms with van der Waals surface area (Å²) in [5, 5.41) is 2.02. The Labute approximate surface area is 99.3 Å². The summed E-state index contributed by atoms with van der Waals surface area (Å²) in [6.07, 6.45) is 1.27. The van der Waals surface area contributed by atoms with Gasteiger partial charge in [0.2, 0.25) is 5.91 Å². The largest absolute Gasteiger partial charge is 0.299 e. The lowest BCUT2D eigenvalue weighted by Gasteiger charge is -2.20. The first kappa shape index (κ1) is 13.3. The smallest absolute Gasteiger partial charge is 0.251 e. The molecule has 17 heavy (non-hydrogen) atoms. The number of hydrogen-bond acceptors (Lipinski definition) is 4. The number of carbonyl (C=O) groups is 4. The van der Waals surface area contributed by atoms with E-state index >= 15 is 0 Å². The number of carbonyl (C=O) groups excluding carboxylic acids is 4. The predicted octanol–water partition coefficient (Wildman–Crippen LogP) is 0.390. The zero-order chi connectivity index (χ0) is 13.2. The van der Waals surface area contributed by atoms with Crippen molar-refractivity contribution in [3.63, 3.8) is 0 Å². The summed E-state index contributed by atoms with van der Waals surface area (Å²) in [6, 6.07) is 0. The van der Waals surface area contributed by atoms with Crippen molar-refractivity contribution in [3.05, 3.63) is 11.6 Å². The van der Waals surface area contributed by atoms with Crippen molar-refractivity contribution in [2.75, 3.05) is 0 Å². The zero-order valence-corrected chi connectivity index (χ0v) is 10.1. The van der Waals surface area contributed by atoms with Gasteiger partial charge in [-0.15, -0.1) is 0 Å². The Kier molecular flexibility index (Phi) is 3.93. The molecule has 0 saturated carbocycles. The van der Waals surface area contributed by atoms with Crippen LogP contribution in [0.25, 0.3) is 0 Å². The summed E-state index contributed by atoms with van der Waals surface area (Å²) >= 11 is 0. The lowest BCUT2D eigenvalue weighted by atomic mass is 9.86. The second kappa shape index (κ2) is 5.03. The van der Waals surface area contributed by atoms with Gasteiger partial charge in [0, 0.05) is 18.1 Å². The van der Waals surface area contributed by atoms with E-state index in [2.05, 4.69) is 0 Å². The van der Waals surface area contributed by atoms with Crippen LogP contribution in [0, 0.1) is 11.8 Å². The highest BCUT2D eigenvalue weighted by Gasteiger charge is 2.36. The molecule has 1 atom stereocenters. The Morgan fingerprint density at radius 1 is 1.35 bits per heavy atom. The number of Topliss-reactive ketones (excluding diaryl/α,β-unsaturated/α-hetero) is 2. The minimum atomic E-state index is -1.14. The van der Waals surface area contributed by atoms with Crippen molar-refractivity contribution in [2.24, 2.45) is 11.8 Å². The number of ketones is 2. The van der Waals surface area contributed by atoms with Crippen LogP contribution in [-0.4, -0.2) is 23.4 Å². The molecule has 1 heterocycles. The molecule has 1 aliphatic rings. The Balaban J connectivity index is 3.06. The molecule has 0 fully saturated rings. The lowest BCUT2D eigenvalue weighted by Crippen LogP contribution is -2.44. The molecule has 1 rings (SSSR count). The summed E-state index contributed by atoms with van der Waals surface area (Å²) in [5.74, 6) is -3.13. The van der Waals surface area contributed by atoms with Gasteiger partial charge in [0.05, 0.1) is 0 Å². The fourth-order valence-electron chi connectivity index (χ4n) is 1.73. The van der Waals surface area contributed by atoms with Gasteiger partial charge in [0.25, 0.3) is 5.91 Å². The van der Waals surface area contributed by atoms with E-state index in [1.165, 1.54) is 6.92 Å². The summed E-state index contributed by atoms with van der Waals surface area (Å²) in [5.41, 5.74) is 0.0138. The van der Waals surface area contributed by atoms with E-state index in [-0.39, 0.29) is 23.7 Å². The van der Waals surface area contributed by atoms with Gasteiger partial charge in [-0.3, -0.25) is 24.5 Å². The lowest BCUT2D eigenvalue weighted by molar-refractivity contribution is -0.137. The van der Waals surface area contributed by atoms with Crippen LogP contribution < -0.4 is 5.32 Å². The van der Waals surface area contributed by atoms with Crippen LogP contribution in [0.2, 0.25) is 0 Å². The van der Waals surface area contributed by atoms with E-state index in [1.807, 2.05) is 19.2 Å². The van der Waals surface area contributed by atoms with Crippen LogP contribution in [0.1, 0.15) is 27.2 Å². The van der Waals surface area contributed by atoms with E-state index in [4.69, 9.17) is 0 Å². The van der Waals surface area contributed by atoms with Crippen LogP contribution in [-0.2, 0) is 19.2 Å². The number of amides is 2. The molecule has 0 radical (unpaired) electrons. The van der Waals surface area contributed by atoms with Gasteiger partial charge in [-0.2, -0.15) is 0 Å². The fraction of sp³-hybridized carbons (Fsp3) is 0.500. The average molecular weight is 237 g/mol. The van der Waals surface area contributed by atoms with Crippen LogP contribution in [0.3, 0.4) is 0 Å². The second-order valence-electron chi connectivity index (χ2n) is 4.52. The maximum atomic E-state index is 11.9. The first-order valence-corrected chi connectivity index (χ1v) is 5.43. The molecule has 92 valence electrons. The molecule has 0 aliphatic carbocycles. The van der Waals surface area contributed by atoms with Crippen LogP contribution >= 0.6 is 0 Å². The number of hydrogen-bond donors (Lipinski definition) is 1. The quantitative estimate of drug-likeness (QED) is 0.566. The Bertz CT molecular complexity index is 420. The van der Waals surface area contributed by atoms with Gasteiger partial charge in [0.15, 0.2) is 5.78 Å². The average Bonchev–Trinajstić information content (AvgIpc) is 2.14. The van der Waals surface area contributed by atoms with E-state index in [9.17, 15) is 19.2 Å². The Morgan fingerprint density at radius 2 is 1.94 bits per heavy atom. The van der Waals surface area contributed by atoms with E-state index in [1.54, 1.807) is 0 Å². The topological polar surface area (TPSA) is 80.3 Å². The van der Waals surface area contributed by atoms with E-state index in [0.717, 1.165) is 6.08 Å². The molecule has 0 bridgehead atoms. The SMILES string of the molecule is CC(=O)C1C(=O)NC(=O)C=C1C(=O)CC(C)C. The van der Waals surface area contributed by atoms with Gasteiger partial charge >= 0.3 is 0 Å². The maximum Gasteiger partial charge on any atom is 0.251 e. The number of imide groups is 1. The van der Waals surface area contributed by atoms with Crippen molar-refractivity contribution < 1.29 is 19.2 Å². The number of rotatable bonds is 4. The van der Waals surface area contributed by atoms with Gasteiger partial charge < -0.3 is 0 Å². The molecule has 1 aliphatic heterocycles. The van der Waals surface area contributed by atoms with Crippen LogP contribution in [0.4, 0.5) is 0 Å². The molecule has 0 spiro atoms. The highest BCUT2D eigenvalue weighted by molar-refractivity contribution is 6.21. The summed E-state index contributed by atoms with van der Waals surface area (Å²) in [7, 11) is 0. The molecule has 1 unspecified atom stereocenters. The van der Waals surface area contributed by atoms with Crippen molar-refractivity contribution in [1.82, 2.24) is 5.32 Å². The highest BCUT2D eigenvalue weighted by atomic mass is 16.2. The van der Waals surface area contributed by atoms with Crippen molar-refractivity contribution in [3.8, 4) is 0 Å². The van der Waals surface area contributed by atoms with Gasteiger partial charge in [-0.25, -0.2) is 0 Å². The minimum Gasteiger partial charge on any atom is -0.299 e. The third-order valence-corrected chi connectivity index (χ3v) is 2.43.